The van der Waals surface area contributed by atoms with Gasteiger partial charge in [-0.1, -0.05) is 11.6 Å². The number of carbonyl (C=O) groups excluding carboxylic acids is 1. The summed E-state index contributed by atoms with van der Waals surface area (Å²) in [5.41, 5.74) is 0.391. The lowest BCUT2D eigenvalue weighted by atomic mass is 10.5. The minimum atomic E-state index is 0.391. The molecule has 6 heteroatoms. The molecule has 0 amide bonds. The van der Waals surface area contributed by atoms with Crippen LogP contribution >= 0.6 is 11.6 Å². The average Bonchev–Trinajstić information content (AvgIpc) is 2.49. The van der Waals surface area contributed by atoms with Gasteiger partial charge in [0.2, 0.25) is 11.9 Å². The van der Waals surface area contributed by atoms with Gasteiger partial charge in [0.15, 0.2) is 0 Å². The second-order valence-electron chi connectivity index (χ2n) is 2.27. The summed E-state index contributed by atoms with van der Waals surface area (Å²) < 4.78 is 1.53. The quantitative estimate of drug-likeness (QED) is 0.509. The maximum absolute atomic E-state index is 9.96. The van der Waals surface area contributed by atoms with Crippen molar-refractivity contribution in [3.8, 4) is 0 Å². The Balaban J connectivity index is 2.72. The molecule has 0 unspecified atom stereocenters. The van der Waals surface area contributed by atoms with E-state index in [1.165, 1.54) is 22.9 Å². The van der Waals surface area contributed by atoms with E-state index in [4.69, 9.17) is 11.6 Å². The Hall–Kier alpha value is -1.71. The van der Waals surface area contributed by atoms with Crippen LogP contribution in [0.4, 0.5) is 5.69 Å². The Morgan fingerprint density at radius 3 is 3.00 bits per heavy atom. The van der Waals surface area contributed by atoms with Crippen molar-refractivity contribution in [2.75, 3.05) is 0 Å². The maximum Gasteiger partial charge on any atom is 0.240 e. The molecule has 2 rings (SSSR count). The minimum Gasteiger partial charge on any atom is -0.272 e. The van der Waals surface area contributed by atoms with Gasteiger partial charge in [-0.2, -0.15) is 4.99 Å². The zero-order valence-electron chi connectivity index (χ0n) is 6.31. The van der Waals surface area contributed by atoms with Crippen molar-refractivity contribution in [3.05, 3.63) is 23.7 Å². The molecule has 0 atom stereocenters. The summed E-state index contributed by atoms with van der Waals surface area (Å²) >= 11 is 5.76. The predicted octanol–water partition coefficient (Wildman–Crippen LogP) is 1.35. The second kappa shape index (κ2) is 2.97. The van der Waals surface area contributed by atoms with Crippen LogP contribution in [0.15, 0.2) is 23.6 Å². The summed E-state index contributed by atoms with van der Waals surface area (Å²) in [4.78, 5) is 21.2. The van der Waals surface area contributed by atoms with Gasteiger partial charge in [-0.3, -0.25) is 4.40 Å². The minimum absolute atomic E-state index is 0.391. The molecule has 0 bridgehead atoms. The Kier molecular flexibility index (Phi) is 1.81. The van der Waals surface area contributed by atoms with E-state index in [1.54, 1.807) is 6.20 Å². The number of aliphatic imine (C=N–C) groups is 1. The number of rotatable bonds is 1. The molecular formula is C7H3ClN4O. The molecule has 0 spiro atoms. The molecule has 0 radical (unpaired) electrons. The van der Waals surface area contributed by atoms with E-state index < -0.39 is 0 Å². The van der Waals surface area contributed by atoms with Crippen LogP contribution < -0.4 is 0 Å². The van der Waals surface area contributed by atoms with E-state index in [0.717, 1.165) is 0 Å². The highest BCUT2D eigenvalue weighted by atomic mass is 35.5. The van der Waals surface area contributed by atoms with Crippen molar-refractivity contribution in [1.82, 2.24) is 14.4 Å². The summed E-state index contributed by atoms with van der Waals surface area (Å²) in [6, 6.07) is 0. The lowest BCUT2D eigenvalue weighted by Crippen LogP contribution is -1.86. The molecule has 0 aliphatic heterocycles. The fourth-order valence-electron chi connectivity index (χ4n) is 0.946. The molecule has 0 saturated carbocycles. The van der Waals surface area contributed by atoms with Crippen LogP contribution in [0.1, 0.15) is 0 Å². The van der Waals surface area contributed by atoms with E-state index in [9.17, 15) is 4.79 Å². The lowest BCUT2D eigenvalue weighted by molar-refractivity contribution is 0.565. The van der Waals surface area contributed by atoms with E-state index in [-0.39, 0.29) is 0 Å². The first kappa shape index (κ1) is 7.91. The summed E-state index contributed by atoms with van der Waals surface area (Å²) in [5, 5.41) is 0.422. The summed E-state index contributed by atoms with van der Waals surface area (Å²) in [6.45, 7) is 0. The summed E-state index contributed by atoms with van der Waals surface area (Å²) in [6.07, 6.45) is 5.87. The number of fused-ring (bicyclic) bond motifs is 1. The Morgan fingerprint density at radius 1 is 1.46 bits per heavy atom. The van der Waals surface area contributed by atoms with E-state index in [0.29, 0.717) is 16.6 Å². The van der Waals surface area contributed by atoms with Gasteiger partial charge in [0.05, 0.1) is 12.4 Å². The van der Waals surface area contributed by atoms with Crippen LogP contribution in [0.25, 0.3) is 5.78 Å². The number of nitrogens with zero attached hydrogens (tertiary/aromatic N) is 4. The standard InChI is InChI=1S/C7H3ClN4O/c8-6-2-10-7-9-1-5(11-4-13)3-12(6)7/h1-3H. The third-order valence-corrected chi connectivity index (χ3v) is 1.76. The number of imidazole rings is 1. The SMILES string of the molecule is O=C=Nc1cnc2ncc(Cl)n2c1. The Morgan fingerprint density at radius 2 is 2.23 bits per heavy atom. The Bertz CT molecular complexity index is 500. The fourth-order valence-corrected chi connectivity index (χ4v) is 1.12. The number of halogens is 1. The highest BCUT2D eigenvalue weighted by molar-refractivity contribution is 6.29. The van der Waals surface area contributed by atoms with Crippen molar-refractivity contribution >= 4 is 29.1 Å². The van der Waals surface area contributed by atoms with Gasteiger partial charge in [0, 0.05) is 6.20 Å². The fraction of sp³-hybridized carbons (Fsp3) is 0. The first-order valence-corrected chi connectivity index (χ1v) is 3.75. The average molecular weight is 195 g/mol. The van der Waals surface area contributed by atoms with Crippen LogP contribution in [0, 0.1) is 0 Å². The molecule has 0 aromatic carbocycles. The molecule has 0 saturated heterocycles. The van der Waals surface area contributed by atoms with Crippen LogP contribution in [-0.4, -0.2) is 20.4 Å². The van der Waals surface area contributed by atoms with Gasteiger partial charge in [0.1, 0.15) is 10.8 Å². The molecule has 2 aromatic rings. The van der Waals surface area contributed by atoms with Gasteiger partial charge in [0.25, 0.3) is 0 Å². The molecule has 0 fully saturated rings. The van der Waals surface area contributed by atoms with E-state index in [1.807, 2.05) is 0 Å². The number of isocyanates is 1. The molecule has 0 N–H and O–H groups in total. The molecule has 2 heterocycles. The summed E-state index contributed by atoms with van der Waals surface area (Å²) in [5.74, 6) is 0.467. The highest BCUT2D eigenvalue weighted by Gasteiger charge is 2.01. The largest absolute Gasteiger partial charge is 0.272 e. The monoisotopic (exact) mass is 194 g/mol. The van der Waals surface area contributed by atoms with Gasteiger partial charge in [-0.15, -0.1) is 0 Å². The second-order valence-corrected chi connectivity index (χ2v) is 2.65. The molecular weight excluding hydrogens is 192 g/mol. The smallest absolute Gasteiger partial charge is 0.240 e. The zero-order chi connectivity index (χ0) is 9.26. The third-order valence-electron chi connectivity index (χ3n) is 1.48. The van der Waals surface area contributed by atoms with Crippen molar-refractivity contribution in [2.45, 2.75) is 0 Å². The van der Waals surface area contributed by atoms with Crippen LogP contribution in [0.3, 0.4) is 0 Å². The predicted molar refractivity (Wildman–Crippen MR) is 45.8 cm³/mol. The normalized spacial score (nSPS) is 9.92. The van der Waals surface area contributed by atoms with Crippen molar-refractivity contribution in [2.24, 2.45) is 4.99 Å². The number of hydrogen-bond acceptors (Lipinski definition) is 4. The van der Waals surface area contributed by atoms with Crippen molar-refractivity contribution in [1.29, 1.82) is 0 Å². The molecule has 64 valence electrons. The maximum atomic E-state index is 9.96. The Labute approximate surface area is 77.7 Å². The van der Waals surface area contributed by atoms with Gasteiger partial charge in [-0.05, 0) is 0 Å². The first-order valence-electron chi connectivity index (χ1n) is 3.38. The van der Waals surface area contributed by atoms with Crippen LogP contribution in [0.2, 0.25) is 5.15 Å². The van der Waals surface area contributed by atoms with Gasteiger partial charge < -0.3 is 0 Å². The van der Waals surface area contributed by atoms with Gasteiger partial charge >= 0.3 is 0 Å². The third kappa shape index (κ3) is 1.30. The number of aromatic nitrogens is 3. The molecule has 0 aliphatic carbocycles. The topological polar surface area (TPSA) is 59.6 Å². The molecule has 5 nitrogen and oxygen atoms in total. The summed E-state index contributed by atoms with van der Waals surface area (Å²) in [7, 11) is 0. The van der Waals surface area contributed by atoms with Gasteiger partial charge in [-0.25, -0.2) is 14.8 Å². The van der Waals surface area contributed by atoms with E-state index >= 15 is 0 Å². The zero-order valence-corrected chi connectivity index (χ0v) is 7.06. The molecule has 0 aliphatic rings. The van der Waals surface area contributed by atoms with Crippen molar-refractivity contribution in [3.63, 3.8) is 0 Å². The first-order chi connectivity index (χ1) is 6.31. The molecule has 13 heavy (non-hydrogen) atoms. The lowest BCUT2D eigenvalue weighted by Gasteiger charge is -1.93. The van der Waals surface area contributed by atoms with E-state index in [2.05, 4.69) is 15.0 Å². The van der Waals surface area contributed by atoms with Crippen LogP contribution in [-0.2, 0) is 4.79 Å². The van der Waals surface area contributed by atoms with Crippen molar-refractivity contribution < 1.29 is 4.79 Å². The highest BCUT2D eigenvalue weighted by Crippen LogP contribution is 2.14. The van der Waals surface area contributed by atoms with Crippen LogP contribution in [0.5, 0.6) is 0 Å². The molecule has 2 aromatic heterocycles. The number of hydrogen-bond donors (Lipinski definition) is 0.